The van der Waals surface area contributed by atoms with Gasteiger partial charge in [0.2, 0.25) is 11.8 Å². The number of carbonyl (C=O) groups excluding carboxylic acids is 4. The number of benzene rings is 1. The van der Waals surface area contributed by atoms with Crippen molar-refractivity contribution in [3.05, 3.63) is 46.5 Å². The minimum Gasteiger partial charge on any atom is -0.479 e. The van der Waals surface area contributed by atoms with Crippen molar-refractivity contribution in [2.75, 3.05) is 6.54 Å². The number of carboxylic acid groups (broad SMARTS) is 1. The van der Waals surface area contributed by atoms with Crippen LogP contribution in [0.5, 0.6) is 0 Å². The van der Waals surface area contributed by atoms with Gasteiger partial charge in [0.05, 0.1) is 6.54 Å². The van der Waals surface area contributed by atoms with Crippen LogP contribution < -0.4 is 10.6 Å². The summed E-state index contributed by atoms with van der Waals surface area (Å²) < 4.78 is 11.2. The van der Waals surface area contributed by atoms with Crippen molar-refractivity contribution in [3.8, 4) is 0 Å². The predicted octanol–water partition coefficient (Wildman–Crippen LogP) is 4.13. The van der Waals surface area contributed by atoms with E-state index in [0.29, 0.717) is 31.0 Å². The normalized spacial score (nSPS) is 29.2. The smallest absolute Gasteiger partial charge is 0.410 e. The molecule has 0 unspecified atom stereocenters. The summed E-state index contributed by atoms with van der Waals surface area (Å²) in [5.74, 6) is -2.68. The molecule has 0 spiro atoms. The maximum Gasteiger partial charge on any atom is 0.410 e. The lowest BCUT2D eigenvalue weighted by Crippen LogP contribution is -2.56. The molecule has 13 heteroatoms. The monoisotopic (exact) mass is 644 g/mol. The Hall–Kier alpha value is -3.80. The van der Waals surface area contributed by atoms with Gasteiger partial charge in [-0.2, -0.15) is 0 Å². The summed E-state index contributed by atoms with van der Waals surface area (Å²) in [6.45, 7) is 5.71. The van der Waals surface area contributed by atoms with Gasteiger partial charge < -0.3 is 30.1 Å². The van der Waals surface area contributed by atoms with E-state index in [0.717, 1.165) is 30.4 Å². The molecule has 1 saturated heterocycles. The third-order valence-electron chi connectivity index (χ3n) is 8.73. The molecule has 4 aliphatic rings. The number of ether oxygens (including phenoxy) is 2. The number of allylic oxidation sites excluding steroid dienone is 1. The maximum atomic E-state index is 14.1. The van der Waals surface area contributed by atoms with Crippen LogP contribution in [0.2, 0.25) is 5.02 Å². The van der Waals surface area contributed by atoms with Gasteiger partial charge in [0.25, 0.3) is 0 Å². The lowest BCUT2D eigenvalue weighted by molar-refractivity contribution is -0.145. The van der Waals surface area contributed by atoms with Gasteiger partial charge in [-0.25, -0.2) is 14.4 Å². The Kier molecular flexibility index (Phi) is 9.34. The van der Waals surface area contributed by atoms with E-state index in [1.165, 1.54) is 9.80 Å². The summed E-state index contributed by atoms with van der Waals surface area (Å²) in [5.41, 5.74) is -0.390. The van der Waals surface area contributed by atoms with Crippen LogP contribution in [0, 0.1) is 5.92 Å². The van der Waals surface area contributed by atoms with Crippen LogP contribution >= 0.6 is 11.6 Å². The largest absolute Gasteiger partial charge is 0.479 e. The number of alkyl carbamates (subject to hydrolysis) is 1. The Bertz CT molecular complexity index is 1390. The van der Waals surface area contributed by atoms with Gasteiger partial charge in [0, 0.05) is 30.5 Å². The summed E-state index contributed by atoms with van der Waals surface area (Å²) in [5, 5.41) is 16.0. The molecule has 0 aromatic heterocycles. The maximum absolute atomic E-state index is 14.1. The fourth-order valence-electron chi connectivity index (χ4n) is 6.31. The van der Waals surface area contributed by atoms with Gasteiger partial charge in [0.1, 0.15) is 29.3 Å². The fourth-order valence-corrected chi connectivity index (χ4v) is 6.50. The van der Waals surface area contributed by atoms with Crippen LogP contribution in [-0.4, -0.2) is 80.7 Å². The average molecular weight is 645 g/mol. The highest BCUT2D eigenvalue weighted by Gasteiger charge is 2.61. The molecule has 1 aromatic carbocycles. The van der Waals surface area contributed by atoms with Crippen LogP contribution in [0.3, 0.4) is 0 Å². The Morgan fingerprint density at radius 1 is 1.11 bits per heavy atom. The minimum atomic E-state index is -1.46. The van der Waals surface area contributed by atoms with Crippen LogP contribution in [-0.2, 0) is 36.9 Å². The van der Waals surface area contributed by atoms with Crippen molar-refractivity contribution in [1.29, 1.82) is 0 Å². The lowest BCUT2D eigenvalue weighted by Gasteiger charge is -2.30. The number of fused-ring (bicyclic) bond motifs is 3. The summed E-state index contributed by atoms with van der Waals surface area (Å²) in [6, 6.07) is 3.31. The molecular formula is C32H41ClN4O8. The molecular weight excluding hydrogens is 604 g/mol. The second kappa shape index (κ2) is 12.9. The molecule has 5 atom stereocenters. The molecule has 0 bridgehead atoms. The zero-order valence-electron chi connectivity index (χ0n) is 25.8. The number of nitrogens with zero attached hydrogens (tertiary/aromatic N) is 2. The van der Waals surface area contributed by atoms with E-state index < -0.39 is 59.3 Å². The van der Waals surface area contributed by atoms with Crippen LogP contribution in [0.15, 0.2) is 30.4 Å². The van der Waals surface area contributed by atoms with E-state index in [-0.39, 0.29) is 25.3 Å². The first-order valence-electron chi connectivity index (χ1n) is 15.5. The van der Waals surface area contributed by atoms with Crippen LogP contribution in [0.4, 0.5) is 9.59 Å². The average Bonchev–Trinajstić information content (AvgIpc) is 3.26. The molecule has 3 N–H and O–H groups in total. The zero-order chi connectivity index (χ0) is 32.5. The molecule has 5 rings (SSSR count). The molecule has 3 aliphatic heterocycles. The number of amides is 4. The molecule has 45 heavy (non-hydrogen) atoms. The Morgan fingerprint density at radius 3 is 2.60 bits per heavy atom. The molecule has 12 nitrogen and oxygen atoms in total. The number of carbonyl (C=O) groups is 5. The van der Waals surface area contributed by atoms with Gasteiger partial charge in [-0.15, -0.1) is 0 Å². The fraction of sp³-hybridized carbons (Fsp3) is 0.594. The van der Waals surface area contributed by atoms with Crippen molar-refractivity contribution in [2.45, 2.75) is 108 Å². The van der Waals surface area contributed by atoms with Crippen molar-refractivity contribution in [1.82, 2.24) is 20.4 Å². The number of hydrogen-bond donors (Lipinski definition) is 3. The molecule has 1 aliphatic carbocycles. The van der Waals surface area contributed by atoms with Gasteiger partial charge in [-0.05, 0) is 69.7 Å². The van der Waals surface area contributed by atoms with E-state index in [4.69, 9.17) is 21.1 Å². The summed E-state index contributed by atoms with van der Waals surface area (Å²) in [4.78, 5) is 68.9. The Labute approximate surface area is 267 Å². The van der Waals surface area contributed by atoms with E-state index in [1.54, 1.807) is 32.9 Å². The predicted molar refractivity (Wildman–Crippen MR) is 163 cm³/mol. The first kappa shape index (κ1) is 32.6. The second-order valence-corrected chi connectivity index (χ2v) is 13.8. The highest BCUT2D eigenvalue weighted by Crippen LogP contribution is 2.45. The first-order chi connectivity index (χ1) is 21.3. The molecule has 4 amide bonds. The number of halogens is 1. The number of nitrogens with one attached hydrogen (secondary N) is 2. The van der Waals surface area contributed by atoms with E-state index in [1.807, 2.05) is 18.2 Å². The second-order valence-electron chi connectivity index (χ2n) is 13.4. The van der Waals surface area contributed by atoms with Crippen LogP contribution in [0.25, 0.3) is 0 Å². The van der Waals surface area contributed by atoms with E-state index >= 15 is 0 Å². The lowest BCUT2D eigenvalue weighted by atomic mass is 10.0. The molecule has 244 valence electrons. The van der Waals surface area contributed by atoms with E-state index in [9.17, 15) is 29.1 Å². The molecule has 3 heterocycles. The number of carboxylic acids is 1. The molecule has 0 radical (unpaired) electrons. The van der Waals surface area contributed by atoms with Gasteiger partial charge in [0.15, 0.2) is 0 Å². The summed E-state index contributed by atoms with van der Waals surface area (Å²) >= 11 is 6.11. The highest BCUT2D eigenvalue weighted by molar-refractivity contribution is 6.30. The van der Waals surface area contributed by atoms with Gasteiger partial charge >= 0.3 is 18.2 Å². The quantitative estimate of drug-likeness (QED) is 0.415. The molecule has 2 fully saturated rings. The SMILES string of the molecule is CC(C)(C)OC(=O)N[C@H]1CCCCC/C=C/[C@@H]2C[C@@]2(C(=O)O)NC(=O)[C@@H]2C[C@@H](OC(=O)N3Cc4ccc(Cl)cc4C3)CN2C1=O. The van der Waals surface area contributed by atoms with Crippen molar-refractivity contribution in [2.24, 2.45) is 5.92 Å². The highest BCUT2D eigenvalue weighted by atomic mass is 35.5. The van der Waals surface area contributed by atoms with Gasteiger partial charge in [-0.1, -0.05) is 42.7 Å². The zero-order valence-corrected chi connectivity index (χ0v) is 26.6. The first-order valence-corrected chi connectivity index (χ1v) is 15.9. The third kappa shape index (κ3) is 7.54. The minimum absolute atomic E-state index is 0.0225. The molecule has 1 aromatic rings. The van der Waals surface area contributed by atoms with Crippen molar-refractivity contribution >= 4 is 41.6 Å². The standard InChI is InChI=1S/C32H41ClN4O8/c1-31(2,3)45-29(42)34-24-10-8-6-4-5-7-9-21-15-32(21,28(40)41)35-26(38)25-14-23(18-37(25)27(24)39)44-30(43)36-16-19-11-12-22(33)13-20(19)17-36/h7,9,11-13,21,23-25H,4-6,8,10,14-18H2,1-3H3,(H,34,42)(H,35,38)(H,40,41)/b9-7+/t21-,23-,24+,25+,32-/m1/s1. The number of hydrogen-bond acceptors (Lipinski definition) is 7. The van der Waals surface area contributed by atoms with Crippen molar-refractivity contribution in [3.63, 3.8) is 0 Å². The summed E-state index contributed by atoms with van der Waals surface area (Å²) in [6.07, 6.45) is 5.08. The van der Waals surface area contributed by atoms with Gasteiger partial charge in [-0.3, -0.25) is 14.5 Å². The number of aliphatic carboxylic acids is 1. The number of rotatable bonds is 3. The third-order valence-corrected chi connectivity index (χ3v) is 8.96. The van der Waals surface area contributed by atoms with E-state index in [2.05, 4.69) is 10.6 Å². The Balaban J connectivity index is 1.36. The Morgan fingerprint density at radius 2 is 1.87 bits per heavy atom. The summed E-state index contributed by atoms with van der Waals surface area (Å²) in [7, 11) is 0. The van der Waals surface area contributed by atoms with Crippen LogP contribution in [0.1, 0.15) is 76.8 Å². The van der Waals surface area contributed by atoms with Crippen molar-refractivity contribution < 1.29 is 38.6 Å². The topological polar surface area (TPSA) is 155 Å². The molecule has 1 saturated carbocycles.